The van der Waals surface area contributed by atoms with Gasteiger partial charge in [-0.15, -0.1) is 0 Å². The highest BCUT2D eigenvalue weighted by Gasteiger charge is 2.24. The molecular formula is C11H16N2O4. The Morgan fingerprint density at radius 1 is 1.53 bits per heavy atom. The lowest BCUT2D eigenvalue weighted by Gasteiger charge is -2.21. The molecule has 0 aromatic carbocycles. The number of rotatable bonds is 5. The summed E-state index contributed by atoms with van der Waals surface area (Å²) in [6, 6.07) is 1.43. The standard InChI is InChI=1S/C11H16N2O4/c1-6-8(9(14)15)4-7(17-6)5-13-11(2,3)10(12)16/h4,13H,5H2,1-3H3,(H2,12,16)(H,14,15). The van der Waals surface area contributed by atoms with Crippen molar-refractivity contribution >= 4 is 11.9 Å². The molecule has 0 saturated carbocycles. The van der Waals surface area contributed by atoms with Crippen molar-refractivity contribution in [3.8, 4) is 0 Å². The summed E-state index contributed by atoms with van der Waals surface area (Å²) in [5, 5.41) is 11.7. The Morgan fingerprint density at radius 3 is 2.53 bits per heavy atom. The van der Waals surface area contributed by atoms with Crippen LogP contribution in [0.4, 0.5) is 0 Å². The number of carboxylic acid groups (broad SMARTS) is 1. The second kappa shape index (κ2) is 4.58. The Morgan fingerprint density at radius 2 is 2.12 bits per heavy atom. The first-order valence-corrected chi connectivity index (χ1v) is 5.11. The molecule has 0 unspecified atom stereocenters. The van der Waals surface area contributed by atoms with Crippen LogP contribution >= 0.6 is 0 Å². The van der Waals surface area contributed by atoms with Crippen molar-refractivity contribution in [1.29, 1.82) is 0 Å². The molecule has 1 aromatic rings. The third-order valence-electron chi connectivity index (χ3n) is 2.52. The lowest BCUT2D eigenvalue weighted by atomic mass is 10.1. The van der Waals surface area contributed by atoms with Crippen LogP contribution in [0.5, 0.6) is 0 Å². The molecule has 0 atom stereocenters. The summed E-state index contributed by atoms with van der Waals surface area (Å²) < 4.78 is 5.26. The maximum Gasteiger partial charge on any atom is 0.339 e. The van der Waals surface area contributed by atoms with Crippen LogP contribution in [-0.2, 0) is 11.3 Å². The molecule has 1 aromatic heterocycles. The van der Waals surface area contributed by atoms with Crippen LogP contribution in [0.1, 0.15) is 35.7 Å². The van der Waals surface area contributed by atoms with Gasteiger partial charge in [0.15, 0.2) is 0 Å². The maximum atomic E-state index is 11.1. The summed E-state index contributed by atoms with van der Waals surface area (Å²) in [4.78, 5) is 21.8. The first kappa shape index (κ1) is 13.2. The summed E-state index contributed by atoms with van der Waals surface area (Å²) in [5.74, 6) is -0.730. The molecule has 0 aliphatic heterocycles. The normalized spacial score (nSPS) is 11.5. The van der Waals surface area contributed by atoms with Crippen molar-refractivity contribution in [3.63, 3.8) is 0 Å². The van der Waals surface area contributed by atoms with Crippen LogP contribution in [0.3, 0.4) is 0 Å². The molecule has 94 valence electrons. The SMILES string of the molecule is Cc1oc(CNC(C)(C)C(N)=O)cc1C(=O)O. The molecule has 0 fully saturated rings. The fraction of sp³-hybridized carbons (Fsp3) is 0.455. The molecule has 1 rings (SSSR count). The molecule has 6 nitrogen and oxygen atoms in total. The largest absolute Gasteiger partial charge is 0.478 e. The number of carbonyl (C=O) groups is 2. The quantitative estimate of drug-likeness (QED) is 0.700. The van der Waals surface area contributed by atoms with E-state index in [0.29, 0.717) is 11.5 Å². The second-order valence-electron chi connectivity index (χ2n) is 4.33. The Hall–Kier alpha value is -1.82. The fourth-order valence-electron chi connectivity index (χ4n) is 1.24. The van der Waals surface area contributed by atoms with E-state index in [9.17, 15) is 9.59 Å². The second-order valence-corrected chi connectivity index (χ2v) is 4.33. The Balaban J connectivity index is 2.74. The van der Waals surface area contributed by atoms with E-state index in [4.69, 9.17) is 15.3 Å². The van der Waals surface area contributed by atoms with Gasteiger partial charge in [-0.25, -0.2) is 4.79 Å². The molecule has 0 aliphatic rings. The van der Waals surface area contributed by atoms with E-state index in [0.717, 1.165) is 0 Å². The van der Waals surface area contributed by atoms with Gasteiger partial charge >= 0.3 is 5.97 Å². The monoisotopic (exact) mass is 240 g/mol. The summed E-state index contributed by atoms with van der Waals surface area (Å²) >= 11 is 0. The predicted molar refractivity (Wildman–Crippen MR) is 60.5 cm³/mol. The van der Waals surface area contributed by atoms with E-state index in [-0.39, 0.29) is 12.1 Å². The molecular weight excluding hydrogens is 224 g/mol. The first-order chi connectivity index (χ1) is 7.74. The molecule has 1 heterocycles. The van der Waals surface area contributed by atoms with Gasteiger partial charge in [0.05, 0.1) is 12.1 Å². The number of aryl methyl sites for hydroxylation is 1. The molecule has 0 bridgehead atoms. The molecule has 4 N–H and O–H groups in total. The number of carbonyl (C=O) groups excluding carboxylic acids is 1. The van der Waals surface area contributed by atoms with Gasteiger partial charge in [-0.1, -0.05) is 0 Å². The van der Waals surface area contributed by atoms with Crippen molar-refractivity contribution in [2.24, 2.45) is 5.73 Å². The zero-order chi connectivity index (χ0) is 13.2. The number of carboxylic acids is 1. The van der Waals surface area contributed by atoms with Crippen LogP contribution in [0.15, 0.2) is 10.5 Å². The van der Waals surface area contributed by atoms with Gasteiger partial charge in [0, 0.05) is 0 Å². The molecule has 17 heavy (non-hydrogen) atoms. The van der Waals surface area contributed by atoms with Gasteiger partial charge in [0.25, 0.3) is 0 Å². The number of primary amides is 1. The number of hydrogen-bond donors (Lipinski definition) is 3. The highest BCUT2D eigenvalue weighted by molar-refractivity contribution is 5.88. The number of aromatic carboxylic acids is 1. The Kier molecular flexibility index (Phi) is 3.57. The summed E-state index contributed by atoms with van der Waals surface area (Å²) in [6.07, 6.45) is 0. The molecule has 1 amide bonds. The lowest BCUT2D eigenvalue weighted by molar-refractivity contribution is -0.123. The zero-order valence-corrected chi connectivity index (χ0v) is 10.0. The number of hydrogen-bond acceptors (Lipinski definition) is 4. The van der Waals surface area contributed by atoms with Gasteiger partial charge in [0.1, 0.15) is 17.1 Å². The van der Waals surface area contributed by atoms with Crippen molar-refractivity contribution in [1.82, 2.24) is 5.32 Å². The number of nitrogens with one attached hydrogen (secondary N) is 1. The van der Waals surface area contributed by atoms with Crippen LogP contribution < -0.4 is 11.1 Å². The summed E-state index contributed by atoms with van der Waals surface area (Å²) in [7, 11) is 0. The fourth-order valence-corrected chi connectivity index (χ4v) is 1.24. The first-order valence-electron chi connectivity index (χ1n) is 5.11. The minimum absolute atomic E-state index is 0.124. The van der Waals surface area contributed by atoms with E-state index >= 15 is 0 Å². The van der Waals surface area contributed by atoms with Crippen LogP contribution in [0, 0.1) is 6.92 Å². The number of nitrogens with two attached hydrogens (primary N) is 1. The topological polar surface area (TPSA) is 106 Å². The van der Waals surface area contributed by atoms with Gasteiger partial charge < -0.3 is 15.3 Å². The molecule has 0 spiro atoms. The summed E-state index contributed by atoms with van der Waals surface area (Å²) in [6.45, 7) is 5.10. The van der Waals surface area contributed by atoms with Crippen molar-refractivity contribution in [3.05, 3.63) is 23.2 Å². The van der Waals surface area contributed by atoms with Gasteiger partial charge in [0.2, 0.25) is 5.91 Å². The summed E-state index contributed by atoms with van der Waals surface area (Å²) in [5.41, 5.74) is 4.44. The minimum atomic E-state index is -1.04. The van der Waals surface area contributed by atoms with Gasteiger partial charge in [-0.05, 0) is 26.8 Å². The van der Waals surface area contributed by atoms with Crippen molar-refractivity contribution in [2.45, 2.75) is 32.9 Å². The van der Waals surface area contributed by atoms with Crippen molar-refractivity contribution in [2.75, 3.05) is 0 Å². The number of amides is 1. The van der Waals surface area contributed by atoms with E-state index in [1.54, 1.807) is 20.8 Å². The van der Waals surface area contributed by atoms with Gasteiger partial charge in [-0.2, -0.15) is 0 Å². The predicted octanol–water partition coefficient (Wildman–Crippen LogP) is 0.640. The van der Waals surface area contributed by atoms with Crippen LogP contribution in [0.25, 0.3) is 0 Å². The minimum Gasteiger partial charge on any atom is -0.478 e. The van der Waals surface area contributed by atoms with Crippen LogP contribution in [-0.4, -0.2) is 22.5 Å². The maximum absolute atomic E-state index is 11.1. The van der Waals surface area contributed by atoms with E-state index in [1.165, 1.54) is 6.07 Å². The smallest absolute Gasteiger partial charge is 0.339 e. The lowest BCUT2D eigenvalue weighted by Crippen LogP contribution is -2.50. The highest BCUT2D eigenvalue weighted by atomic mass is 16.4. The Labute approximate surface area is 98.8 Å². The van der Waals surface area contributed by atoms with E-state index in [1.807, 2.05) is 0 Å². The molecule has 0 saturated heterocycles. The average molecular weight is 240 g/mol. The molecule has 0 radical (unpaired) electrons. The van der Waals surface area contributed by atoms with E-state index < -0.39 is 17.4 Å². The van der Waals surface area contributed by atoms with Crippen molar-refractivity contribution < 1.29 is 19.1 Å². The third-order valence-corrected chi connectivity index (χ3v) is 2.52. The van der Waals surface area contributed by atoms with E-state index in [2.05, 4.69) is 5.32 Å². The van der Waals surface area contributed by atoms with Gasteiger partial charge in [-0.3, -0.25) is 10.1 Å². The molecule has 0 aliphatic carbocycles. The Bertz CT molecular complexity index is 448. The highest BCUT2D eigenvalue weighted by Crippen LogP contribution is 2.15. The molecule has 6 heteroatoms. The number of furan rings is 1. The third kappa shape index (κ3) is 3.07. The zero-order valence-electron chi connectivity index (χ0n) is 10.0. The average Bonchev–Trinajstić information content (AvgIpc) is 2.57. The van der Waals surface area contributed by atoms with Crippen LogP contribution in [0.2, 0.25) is 0 Å².